The number of aromatic nitrogens is 1. The van der Waals surface area contributed by atoms with Gasteiger partial charge in [-0.25, -0.2) is 4.98 Å². The average molecular weight is 216 g/mol. The quantitative estimate of drug-likeness (QED) is 0.572. The molecule has 0 spiro atoms. The van der Waals surface area contributed by atoms with E-state index >= 15 is 0 Å². The topological polar surface area (TPSA) is 22.1 Å². The minimum Gasteiger partial charge on any atom is -0.488 e. The molecule has 2 rings (SSSR count). The molecule has 0 radical (unpaired) electrons. The number of ether oxygens (including phenoxy) is 1. The van der Waals surface area contributed by atoms with Gasteiger partial charge in [-0.1, -0.05) is 11.6 Å². The van der Waals surface area contributed by atoms with E-state index < -0.39 is 0 Å². The summed E-state index contributed by atoms with van der Waals surface area (Å²) in [5, 5.41) is 1.40. The van der Waals surface area contributed by atoms with Crippen LogP contribution in [0.2, 0.25) is 5.15 Å². The van der Waals surface area contributed by atoms with Gasteiger partial charge in [-0.2, -0.15) is 0 Å². The summed E-state index contributed by atoms with van der Waals surface area (Å²) in [5.74, 6) is 0.861. The van der Waals surface area contributed by atoms with Crippen LogP contribution >= 0.6 is 23.4 Å². The summed E-state index contributed by atoms with van der Waals surface area (Å²) in [7, 11) is 0. The van der Waals surface area contributed by atoms with E-state index in [1.165, 1.54) is 0 Å². The molecule has 0 amide bonds. The smallest absolute Gasteiger partial charge is 0.152 e. The lowest BCUT2D eigenvalue weighted by molar-refractivity contribution is 0.293. The Morgan fingerprint density at radius 3 is 2.92 bits per heavy atom. The fourth-order valence-corrected chi connectivity index (χ4v) is 1.71. The van der Waals surface area contributed by atoms with Gasteiger partial charge in [0, 0.05) is 0 Å². The van der Waals surface area contributed by atoms with Crippen LogP contribution in [0.25, 0.3) is 0 Å². The first-order valence-corrected chi connectivity index (χ1v) is 5.77. The highest BCUT2D eigenvalue weighted by molar-refractivity contribution is 7.98. The third-order valence-corrected chi connectivity index (χ3v) is 2.69. The monoisotopic (exact) mass is 215 g/mol. The molecule has 1 aromatic rings. The lowest BCUT2D eigenvalue weighted by Crippen LogP contribution is -1.98. The molecule has 0 N–H and O–H groups in total. The van der Waals surface area contributed by atoms with Gasteiger partial charge < -0.3 is 4.74 Å². The second-order valence-corrected chi connectivity index (χ2v) is 4.14. The molecule has 70 valence electrons. The molecule has 1 aliphatic carbocycles. The van der Waals surface area contributed by atoms with E-state index in [-0.39, 0.29) is 0 Å². The summed E-state index contributed by atoms with van der Waals surface area (Å²) in [6, 6.07) is 3.65. The summed E-state index contributed by atoms with van der Waals surface area (Å²) in [6.45, 7) is 0. The molecule has 0 aromatic carbocycles. The maximum atomic E-state index is 5.77. The normalized spacial score (nSPS) is 15.8. The first kappa shape index (κ1) is 9.16. The molecule has 0 aliphatic heterocycles. The van der Waals surface area contributed by atoms with Crippen LogP contribution in [-0.4, -0.2) is 17.3 Å². The largest absolute Gasteiger partial charge is 0.488 e. The molecule has 0 atom stereocenters. The van der Waals surface area contributed by atoms with Crippen molar-refractivity contribution in [3.8, 4) is 5.75 Å². The Morgan fingerprint density at radius 1 is 1.54 bits per heavy atom. The number of halogens is 1. The Balaban J connectivity index is 2.21. The molecule has 1 heterocycles. The first-order chi connectivity index (χ1) is 6.29. The third kappa shape index (κ3) is 2.29. The second kappa shape index (κ2) is 3.76. The summed E-state index contributed by atoms with van der Waals surface area (Å²) in [6.07, 6.45) is 4.71. The van der Waals surface area contributed by atoms with Crippen molar-refractivity contribution in [1.82, 2.24) is 4.98 Å². The van der Waals surface area contributed by atoms with Crippen LogP contribution in [-0.2, 0) is 0 Å². The van der Waals surface area contributed by atoms with Crippen molar-refractivity contribution in [2.45, 2.75) is 24.0 Å². The zero-order valence-electron chi connectivity index (χ0n) is 7.29. The van der Waals surface area contributed by atoms with Gasteiger partial charge in [0.2, 0.25) is 0 Å². The maximum absolute atomic E-state index is 5.77. The molecule has 2 nitrogen and oxygen atoms in total. The number of pyridine rings is 1. The zero-order chi connectivity index (χ0) is 9.26. The zero-order valence-corrected chi connectivity index (χ0v) is 8.86. The highest BCUT2D eigenvalue weighted by Gasteiger charge is 2.24. The Bertz CT molecular complexity index is 314. The van der Waals surface area contributed by atoms with Gasteiger partial charge in [-0.05, 0) is 31.2 Å². The number of rotatable bonds is 3. The Hall–Kier alpha value is -0.410. The minimum atomic E-state index is 0.411. The van der Waals surface area contributed by atoms with E-state index in [4.69, 9.17) is 16.3 Å². The lowest BCUT2D eigenvalue weighted by atomic mass is 10.4. The fourth-order valence-electron chi connectivity index (χ4n) is 1.01. The predicted octanol–water partition coefficient (Wildman–Crippen LogP) is 3.00. The molecule has 1 aliphatic rings. The molecular weight excluding hydrogens is 206 g/mol. The molecule has 13 heavy (non-hydrogen) atoms. The van der Waals surface area contributed by atoms with Gasteiger partial charge in [0.15, 0.2) is 5.75 Å². The Morgan fingerprint density at radius 2 is 2.31 bits per heavy atom. The third-order valence-electron chi connectivity index (χ3n) is 1.80. The van der Waals surface area contributed by atoms with Crippen molar-refractivity contribution in [1.29, 1.82) is 0 Å². The highest BCUT2D eigenvalue weighted by atomic mass is 35.5. The van der Waals surface area contributed by atoms with E-state index in [0.29, 0.717) is 11.3 Å². The first-order valence-electron chi connectivity index (χ1n) is 4.17. The molecule has 1 saturated carbocycles. The van der Waals surface area contributed by atoms with Gasteiger partial charge in [0.05, 0.1) is 6.10 Å². The van der Waals surface area contributed by atoms with Gasteiger partial charge >= 0.3 is 0 Å². The van der Waals surface area contributed by atoms with Gasteiger partial charge in [0.25, 0.3) is 0 Å². The SMILES string of the molecule is CSc1nc(Cl)ccc1OC1CC1. The van der Waals surface area contributed by atoms with E-state index in [0.717, 1.165) is 23.6 Å². The van der Waals surface area contributed by atoms with Crippen molar-refractivity contribution in [2.75, 3.05) is 6.26 Å². The molecule has 0 unspecified atom stereocenters. The average Bonchev–Trinajstić information content (AvgIpc) is 2.92. The highest BCUT2D eigenvalue weighted by Crippen LogP contribution is 2.32. The van der Waals surface area contributed by atoms with Crippen LogP contribution in [0.15, 0.2) is 17.2 Å². The van der Waals surface area contributed by atoms with Crippen molar-refractivity contribution in [3.63, 3.8) is 0 Å². The van der Waals surface area contributed by atoms with Crippen molar-refractivity contribution >= 4 is 23.4 Å². The van der Waals surface area contributed by atoms with Crippen molar-refractivity contribution in [2.24, 2.45) is 0 Å². The van der Waals surface area contributed by atoms with Crippen molar-refractivity contribution < 1.29 is 4.74 Å². The van der Waals surface area contributed by atoms with E-state index in [2.05, 4.69) is 4.98 Å². The van der Waals surface area contributed by atoms with Gasteiger partial charge in [-0.15, -0.1) is 11.8 Å². The number of nitrogens with zero attached hydrogens (tertiary/aromatic N) is 1. The molecule has 0 bridgehead atoms. The van der Waals surface area contributed by atoms with E-state index in [1.807, 2.05) is 12.3 Å². The molecule has 1 fully saturated rings. The minimum absolute atomic E-state index is 0.411. The molecule has 0 saturated heterocycles. The second-order valence-electron chi connectivity index (χ2n) is 2.96. The van der Waals surface area contributed by atoms with Crippen LogP contribution in [0, 0.1) is 0 Å². The number of thioether (sulfide) groups is 1. The van der Waals surface area contributed by atoms with Crippen LogP contribution < -0.4 is 4.74 Å². The Kier molecular flexibility index (Phi) is 2.65. The number of hydrogen-bond donors (Lipinski definition) is 0. The lowest BCUT2D eigenvalue weighted by Gasteiger charge is -2.07. The van der Waals surface area contributed by atoms with Crippen molar-refractivity contribution in [3.05, 3.63) is 17.3 Å². The van der Waals surface area contributed by atoms with Gasteiger partial charge in [-0.3, -0.25) is 0 Å². The number of hydrogen-bond acceptors (Lipinski definition) is 3. The van der Waals surface area contributed by atoms with Crippen LogP contribution in [0.4, 0.5) is 0 Å². The summed E-state index contributed by atoms with van der Waals surface area (Å²) < 4.78 is 5.66. The summed E-state index contributed by atoms with van der Waals surface area (Å²) in [5.41, 5.74) is 0. The Labute approximate surface area is 86.6 Å². The predicted molar refractivity (Wildman–Crippen MR) is 54.7 cm³/mol. The summed E-state index contributed by atoms with van der Waals surface area (Å²) in [4.78, 5) is 4.18. The van der Waals surface area contributed by atoms with Crippen LogP contribution in [0.3, 0.4) is 0 Å². The summed E-state index contributed by atoms with van der Waals surface area (Å²) >= 11 is 7.33. The fraction of sp³-hybridized carbons (Fsp3) is 0.444. The standard InChI is InChI=1S/C9H10ClNOS/c1-13-9-7(12-6-2-3-6)4-5-8(10)11-9/h4-6H,2-3H2,1H3. The van der Waals surface area contributed by atoms with Crippen LogP contribution in [0.1, 0.15) is 12.8 Å². The molecule has 1 aromatic heterocycles. The molecular formula is C9H10ClNOS. The molecule has 4 heteroatoms. The van der Waals surface area contributed by atoms with E-state index in [1.54, 1.807) is 17.8 Å². The maximum Gasteiger partial charge on any atom is 0.152 e. The van der Waals surface area contributed by atoms with Crippen LogP contribution in [0.5, 0.6) is 5.75 Å². The van der Waals surface area contributed by atoms with E-state index in [9.17, 15) is 0 Å². The van der Waals surface area contributed by atoms with Gasteiger partial charge in [0.1, 0.15) is 10.2 Å².